The van der Waals surface area contributed by atoms with Gasteiger partial charge in [0.15, 0.2) is 0 Å². The number of pyridine rings is 1. The topological polar surface area (TPSA) is 50.2 Å². The molecule has 0 saturated heterocycles. The van der Waals surface area contributed by atoms with Crippen molar-refractivity contribution < 1.29 is 9.90 Å². The van der Waals surface area contributed by atoms with Crippen molar-refractivity contribution in [3.05, 3.63) is 24.0 Å². The fraction of sp³-hybridized carbons (Fsp3) is 0.333. The Morgan fingerprint density at radius 2 is 2.46 bits per heavy atom. The number of carboxylic acids is 1. The lowest BCUT2D eigenvalue weighted by Crippen LogP contribution is -1.98. The predicted octanol–water partition coefficient (Wildman–Crippen LogP) is 1.82. The lowest BCUT2D eigenvalue weighted by atomic mass is 10.1. The zero-order valence-corrected chi connectivity index (χ0v) is 8.17. The second-order valence-electron chi connectivity index (χ2n) is 2.58. The zero-order valence-electron chi connectivity index (χ0n) is 7.36. The van der Waals surface area contributed by atoms with E-state index in [2.05, 4.69) is 4.98 Å². The summed E-state index contributed by atoms with van der Waals surface area (Å²) in [4.78, 5) is 15.4. The van der Waals surface area contributed by atoms with E-state index in [4.69, 9.17) is 5.11 Å². The first kappa shape index (κ1) is 10.1. The minimum absolute atomic E-state index is 0.178. The Balaban J connectivity index is 2.69. The molecule has 0 bridgehead atoms. The summed E-state index contributed by atoms with van der Waals surface area (Å²) in [5.41, 5.74) is 1.06. The summed E-state index contributed by atoms with van der Waals surface area (Å²) in [6, 6.07) is 1.87. The zero-order chi connectivity index (χ0) is 9.68. The molecule has 0 atom stereocenters. The lowest BCUT2D eigenvalue weighted by molar-refractivity contribution is -0.136. The average Bonchev–Trinajstić information content (AvgIpc) is 2.15. The van der Waals surface area contributed by atoms with Gasteiger partial charge >= 0.3 is 5.97 Å². The van der Waals surface area contributed by atoms with Crippen molar-refractivity contribution in [2.24, 2.45) is 0 Å². The van der Waals surface area contributed by atoms with Gasteiger partial charge in [0.05, 0.1) is 0 Å². The third-order valence-electron chi connectivity index (χ3n) is 1.70. The summed E-state index contributed by atoms with van der Waals surface area (Å²) in [5, 5.41) is 8.52. The van der Waals surface area contributed by atoms with Crippen molar-refractivity contribution in [2.45, 2.75) is 17.7 Å². The smallest absolute Gasteiger partial charge is 0.303 e. The number of hydrogen-bond donors (Lipinski definition) is 1. The van der Waals surface area contributed by atoms with Crippen LogP contribution in [0.25, 0.3) is 0 Å². The molecule has 0 aliphatic rings. The van der Waals surface area contributed by atoms with E-state index in [-0.39, 0.29) is 6.42 Å². The Morgan fingerprint density at radius 3 is 3.08 bits per heavy atom. The van der Waals surface area contributed by atoms with Gasteiger partial charge in [0.2, 0.25) is 0 Å². The molecular weight excluding hydrogens is 186 g/mol. The molecule has 0 spiro atoms. The molecule has 0 amide bonds. The van der Waals surface area contributed by atoms with Crippen molar-refractivity contribution in [1.82, 2.24) is 4.98 Å². The summed E-state index contributed by atoms with van der Waals surface area (Å²) < 4.78 is 0. The first-order valence-electron chi connectivity index (χ1n) is 3.92. The molecule has 0 fully saturated rings. The van der Waals surface area contributed by atoms with Crippen LogP contribution in [0.5, 0.6) is 0 Å². The van der Waals surface area contributed by atoms with Gasteiger partial charge in [-0.3, -0.25) is 9.78 Å². The number of hydrogen-bond acceptors (Lipinski definition) is 3. The fourth-order valence-corrected chi connectivity index (χ4v) is 1.64. The van der Waals surface area contributed by atoms with Gasteiger partial charge in [-0.1, -0.05) is 0 Å². The normalized spacial score (nSPS) is 9.92. The predicted molar refractivity (Wildman–Crippen MR) is 52.0 cm³/mol. The van der Waals surface area contributed by atoms with Crippen molar-refractivity contribution >= 4 is 17.7 Å². The van der Waals surface area contributed by atoms with E-state index in [1.165, 1.54) is 0 Å². The molecular formula is C9H11NO2S. The SMILES string of the molecule is CSc1cnccc1CCC(=O)O. The number of aryl methyl sites for hydroxylation is 1. The molecule has 1 heterocycles. The van der Waals surface area contributed by atoms with Crippen molar-refractivity contribution in [3.8, 4) is 0 Å². The van der Waals surface area contributed by atoms with Crippen LogP contribution in [0.3, 0.4) is 0 Å². The Morgan fingerprint density at radius 1 is 1.69 bits per heavy atom. The van der Waals surface area contributed by atoms with Gasteiger partial charge < -0.3 is 5.11 Å². The maximum absolute atomic E-state index is 10.3. The second kappa shape index (κ2) is 4.87. The van der Waals surface area contributed by atoms with Crippen molar-refractivity contribution in [1.29, 1.82) is 0 Å². The Labute approximate surface area is 81.2 Å². The Bertz CT molecular complexity index is 301. The lowest BCUT2D eigenvalue weighted by Gasteiger charge is -2.03. The molecule has 4 heteroatoms. The molecule has 0 aliphatic carbocycles. The summed E-state index contributed by atoms with van der Waals surface area (Å²) in [5.74, 6) is -0.760. The molecule has 1 aromatic heterocycles. The standard InChI is InChI=1S/C9H11NO2S/c1-13-8-6-10-5-4-7(8)2-3-9(11)12/h4-6H,2-3H2,1H3,(H,11,12). The molecule has 70 valence electrons. The minimum atomic E-state index is -0.760. The van der Waals surface area contributed by atoms with Crippen LogP contribution in [0.15, 0.2) is 23.4 Å². The maximum Gasteiger partial charge on any atom is 0.303 e. The maximum atomic E-state index is 10.3. The number of nitrogens with zero attached hydrogens (tertiary/aromatic N) is 1. The van der Waals surface area contributed by atoms with Crippen LogP contribution in [-0.2, 0) is 11.2 Å². The fourth-order valence-electron chi connectivity index (χ4n) is 1.04. The van der Waals surface area contributed by atoms with E-state index >= 15 is 0 Å². The summed E-state index contributed by atoms with van der Waals surface area (Å²) in [6.45, 7) is 0. The molecule has 0 aliphatic heterocycles. The molecule has 1 rings (SSSR count). The summed E-state index contributed by atoms with van der Waals surface area (Å²) >= 11 is 1.59. The molecule has 13 heavy (non-hydrogen) atoms. The van der Waals surface area contributed by atoms with Gasteiger partial charge in [-0.25, -0.2) is 0 Å². The molecule has 3 nitrogen and oxygen atoms in total. The highest BCUT2D eigenvalue weighted by Gasteiger charge is 2.03. The number of thioether (sulfide) groups is 1. The van der Waals surface area contributed by atoms with Crippen LogP contribution >= 0.6 is 11.8 Å². The summed E-state index contributed by atoms with van der Waals surface area (Å²) in [7, 11) is 0. The van der Waals surface area contributed by atoms with Crippen LogP contribution in [-0.4, -0.2) is 22.3 Å². The van der Waals surface area contributed by atoms with E-state index in [0.717, 1.165) is 10.5 Å². The average molecular weight is 197 g/mol. The third-order valence-corrected chi connectivity index (χ3v) is 2.51. The largest absolute Gasteiger partial charge is 0.481 e. The molecule has 1 N–H and O–H groups in total. The van der Waals surface area contributed by atoms with Crippen LogP contribution in [0.4, 0.5) is 0 Å². The number of rotatable bonds is 4. The number of aromatic nitrogens is 1. The highest BCUT2D eigenvalue weighted by atomic mass is 32.2. The van der Waals surface area contributed by atoms with Crippen LogP contribution in [0.2, 0.25) is 0 Å². The highest BCUT2D eigenvalue weighted by molar-refractivity contribution is 7.98. The minimum Gasteiger partial charge on any atom is -0.481 e. The highest BCUT2D eigenvalue weighted by Crippen LogP contribution is 2.19. The van der Waals surface area contributed by atoms with Gasteiger partial charge in [0, 0.05) is 23.7 Å². The van der Waals surface area contributed by atoms with E-state index in [9.17, 15) is 4.79 Å². The van der Waals surface area contributed by atoms with Gasteiger partial charge in [-0.05, 0) is 24.3 Å². The van der Waals surface area contributed by atoms with E-state index in [1.54, 1.807) is 24.2 Å². The number of aliphatic carboxylic acids is 1. The van der Waals surface area contributed by atoms with Crippen molar-refractivity contribution in [3.63, 3.8) is 0 Å². The second-order valence-corrected chi connectivity index (χ2v) is 3.43. The monoisotopic (exact) mass is 197 g/mol. The summed E-state index contributed by atoms with van der Waals surface area (Å²) in [6.07, 6.45) is 6.17. The molecule has 1 aromatic rings. The quantitative estimate of drug-likeness (QED) is 0.748. The third kappa shape index (κ3) is 3.06. The van der Waals surface area contributed by atoms with Crippen LogP contribution < -0.4 is 0 Å². The van der Waals surface area contributed by atoms with E-state index in [0.29, 0.717) is 6.42 Å². The van der Waals surface area contributed by atoms with Crippen LogP contribution in [0, 0.1) is 0 Å². The van der Waals surface area contributed by atoms with E-state index in [1.807, 2.05) is 12.3 Å². The number of carbonyl (C=O) groups is 1. The van der Waals surface area contributed by atoms with Gasteiger partial charge in [0.25, 0.3) is 0 Å². The first-order chi connectivity index (χ1) is 6.24. The van der Waals surface area contributed by atoms with Crippen molar-refractivity contribution in [2.75, 3.05) is 6.26 Å². The molecule has 0 unspecified atom stereocenters. The van der Waals surface area contributed by atoms with Crippen LogP contribution in [0.1, 0.15) is 12.0 Å². The van der Waals surface area contributed by atoms with Gasteiger partial charge in [0.1, 0.15) is 0 Å². The molecule has 0 saturated carbocycles. The van der Waals surface area contributed by atoms with Gasteiger partial charge in [-0.2, -0.15) is 0 Å². The first-order valence-corrected chi connectivity index (χ1v) is 5.15. The molecule has 0 radical (unpaired) electrons. The van der Waals surface area contributed by atoms with E-state index < -0.39 is 5.97 Å². The Kier molecular flexibility index (Phi) is 3.76. The number of carboxylic acid groups (broad SMARTS) is 1. The Hall–Kier alpha value is -1.03. The molecule has 0 aromatic carbocycles. The van der Waals surface area contributed by atoms with Gasteiger partial charge in [-0.15, -0.1) is 11.8 Å².